The number of aromatic nitrogens is 3. The number of fused-ring (bicyclic) bond motifs is 8. The summed E-state index contributed by atoms with van der Waals surface area (Å²) in [5.74, 6) is 1.83. The van der Waals surface area contributed by atoms with Crippen molar-refractivity contribution in [3.8, 4) is 56.4 Å². The zero-order valence-electron chi connectivity index (χ0n) is 24.0. The SMILES string of the molecule is c1ccc(-c2nc(-c3ccc4ccccc4c3)nc(-c3cccc4c3oc3c5cccc6c5c(cc43)-c3ccccc3-6)n2)cc1. The van der Waals surface area contributed by atoms with E-state index in [0.717, 1.165) is 49.4 Å². The Morgan fingerprint density at radius 2 is 1.00 bits per heavy atom. The fraction of sp³-hybridized carbons (Fsp3) is 0. The van der Waals surface area contributed by atoms with Crippen LogP contribution in [-0.4, -0.2) is 15.0 Å². The third-order valence-corrected chi connectivity index (χ3v) is 9.04. The predicted octanol–water partition coefficient (Wildman–Crippen LogP) is 10.7. The Hall–Kier alpha value is -6.13. The third-order valence-electron chi connectivity index (χ3n) is 9.04. The van der Waals surface area contributed by atoms with Crippen molar-refractivity contribution >= 4 is 43.5 Å². The molecular weight excluding hydrogens is 550 g/mol. The number of hydrogen-bond acceptors (Lipinski definition) is 4. The highest BCUT2D eigenvalue weighted by molar-refractivity contribution is 6.26. The van der Waals surface area contributed by atoms with Gasteiger partial charge < -0.3 is 4.42 Å². The Bertz CT molecular complexity index is 2650. The zero-order chi connectivity index (χ0) is 29.5. The first-order valence-electron chi connectivity index (χ1n) is 15.1. The molecule has 1 aliphatic rings. The van der Waals surface area contributed by atoms with Crippen molar-refractivity contribution < 1.29 is 4.42 Å². The summed E-state index contributed by atoms with van der Waals surface area (Å²) in [5.41, 5.74) is 9.43. The molecule has 0 aliphatic heterocycles. The standard InChI is InChI=1S/C41H23N3O/c1-2-11-25(12-3-1)39-42-40(27-21-20-24-10-4-5-13-26(24)22-27)44-41(43-39)33-19-9-17-31-35-23-34-29-15-7-6-14-28(29)30-16-8-18-32(36(30)34)38(35)45-37(31)33/h1-23H. The molecule has 0 fully saturated rings. The van der Waals surface area contributed by atoms with Crippen LogP contribution in [0.3, 0.4) is 0 Å². The normalized spacial score (nSPS) is 12.0. The van der Waals surface area contributed by atoms with E-state index in [9.17, 15) is 0 Å². The van der Waals surface area contributed by atoms with E-state index < -0.39 is 0 Å². The monoisotopic (exact) mass is 573 g/mol. The molecule has 4 heteroatoms. The highest BCUT2D eigenvalue weighted by Gasteiger charge is 2.25. The fourth-order valence-corrected chi connectivity index (χ4v) is 6.97. The van der Waals surface area contributed by atoms with Crippen LogP contribution in [0.2, 0.25) is 0 Å². The van der Waals surface area contributed by atoms with Gasteiger partial charge in [0.05, 0.1) is 5.56 Å². The van der Waals surface area contributed by atoms with E-state index in [2.05, 4.69) is 109 Å². The van der Waals surface area contributed by atoms with Gasteiger partial charge in [0.15, 0.2) is 17.5 Å². The van der Waals surface area contributed by atoms with Crippen LogP contribution in [0.25, 0.3) is 99.9 Å². The fourth-order valence-electron chi connectivity index (χ4n) is 6.97. The zero-order valence-corrected chi connectivity index (χ0v) is 24.0. The number of furan rings is 1. The van der Waals surface area contributed by atoms with E-state index in [1.807, 2.05) is 30.3 Å². The lowest BCUT2D eigenvalue weighted by Gasteiger charge is -2.09. The summed E-state index contributed by atoms with van der Waals surface area (Å²) in [6, 6.07) is 48.5. The minimum atomic E-state index is 0.583. The topological polar surface area (TPSA) is 51.8 Å². The van der Waals surface area contributed by atoms with Gasteiger partial charge in [-0.15, -0.1) is 0 Å². The van der Waals surface area contributed by atoms with E-state index in [1.165, 1.54) is 33.0 Å². The largest absolute Gasteiger partial charge is 0.455 e. The average molecular weight is 574 g/mol. The number of nitrogens with zero attached hydrogens (tertiary/aromatic N) is 3. The highest BCUT2D eigenvalue weighted by atomic mass is 16.3. The maximum absolute atomic E-state index is 6.84. The molecule has 0 saturated heterocycles. The Morgan fingerprint density at radius 3 is 1.84 bits per heavy atom. The molecule has 2 aromatic heterocycles. The molecule has 4 nitrogen and oxygen atoms in total. The molecule has 45 heavy (non-hydrogen) atoms. The molecular formula is C41H23N3O. The summed E-state index contributed by atoms with van der Waals surface area (Å²) in [4.78, 5) is 15.1. The van der Waals surface area contributed by atoms with Gasteiger partial charge in [-0.05, 0) is 51.2 Å². The summed E-state index contributed by atoms with van der Waals surface area (Å²) in [6.07, 6.45) is 0. The summed E-state index contributed by atoms with van der Waals surface area (Å²) < 4.78 is 6.84. The van der Waals surface area contributed by atoms with Crippen LogP contribution in [0.1, 0.15) is 0 Å². The van der Waals surface area contributed by atoms with Gasteiger partial charge in [-0.2, -0.15) is 0 Å². The summed E-state index contributed by atoms with van der Waals surface area (Å²) in [7, 11) is 0. The van der Waals surface area contributed by atoms with Crippen LogP contribution in [0.4, 0.5) is 0 Å². The Morgan fingerprint density at radius 1 is 0.356 bits per heavy atom. The molecule has 208 valence electrons. The van der Waals surface area contributed by atoms with E-state index in [0.29, 0.717) is 17.5 Å². The number of rotatable bonds is 3. The smallest absolute Gasteiger partial charge is 0.167 e. The maximum Gasteiger partial charge on any atom is 0.167 e. The molecule has 0 amide bonds. The Kier molecular flexibility index (Phi) is 4.96. The third kappa shape index (κ3) is 3.57. The van der Waals surface area contributed by atoms with Crippen molar-refractivity contribution in [3.05, 3.63) is 140 Å². The van der Waals surface area contributed by atoms with Gasteiger partial charge in [-0.3, -0.25) is 0 Å². The first-order chi connectivity index (χ1) is 22.3. The van der Waals surface area contributed by atoms with E-state index in [-0.39, 0.29) is 0 Å². The van der Waals surface area contributed by atoms with Gasteiger partial charge in [-0.1, -0.05) is 121 Å². The number of para-hydroxylation sites is 1. The van der Waals surface area contributed by atoms with Gasteiger partial charge in [0.25, 0.3) is 0 Å². The second-order valence-corrected chi connectivity index (χ2v) is 11.6. The van der Waals surface area contributed by atoms with Crippen LogP contribution in [0.5, 0.6) is 0 Å². The van der Waals surface area contributed by atoms with Crippen LogP contribution in [-0.2, 0) is 0 Å². The van der Waals surface area contributed by atoms with E-state index in [1.54, 1.807) is 0 Å². The molecule has 0 unspecified atom stereocenters. The second kappa shape index (κ2) is 9.18. The van der Waals surface area contributed by atoms with Crippen molar-refractivity contribution in [2.75, 3.05) is 0 Å². The molecule has 0 spiro atoms. The predicted molar refractivity (Wildman–Crippen MR) is 183 cm³/mol. The first-order valence-corrected chi connectivity index (χ1v) is 15.1. The molecule has 0 radical (unpaired) electrons. The summed E-state index contributed by atoms with van der Waals surface area (Å²) in [5, 5.41) is 6.83. The van der Waals surface area contributed by atoms with Crippen molar-refractivity contribution in [1.29, 1.82) is 0 Å². The van der Waals surface area contributed by atoms with Crippen molar-refractivity contribution in [1.82, 2.24) is 15.0 Å². The number of hydrogen-bond donors (Lipinski definition) is 0. The van der Waals surface area contributed by atoms with Crippen molar-refractivity contribution in [2.24, 2.45) is 0 Å². The maximum atomic E-state index is 6.84. The Balaban J connectivity index is 1.24. The van der Waals surface area contributed by atoms with Gasteiger partial charge >= 0.3 is 0 Å². The van der Waals surface area contributed by atoms with Gasteiger partial charge in [0.1, 0.15) is 11.2 Å². The van der Waals surface area contributed by atoms with Crippen molar-refractivity contribution in [3.63, 3.8) is 0 Å². The minimum Gasteiger partial charge on any atom is -0.455 e. The van der Waals surface area contributed by atoms with Gasteiger partial charge in [0.2, 0.25) is 0 Å². The molecule has 10 rings (SSSR count). The molecule has 7 aromatic carbocycles. The highest BCUT2D eigenvalue weighted by Crippen LogP contribution is 2.51. The lowest BCUT2D eigenvalue weighted by Crippen LogP contribution is -2.00. The number of benzene rings is 7. The molecule has 0 N–H and O–H groups in total. The molecule has 9 aromatic rings. The minimum absolute atomic E-state index is 0.583. The quantitative estimate of drug-likeness (QED) is 0.211. The van der Waals surface area contributed by atoms with Crippen molar-refractivity contribution in [2.45, 2.75) is 0 Å². The molecule has 0 atom stereocenters. The first kappa shape index (κ1) is 24.3. The summed E-state index contributed by atoms with van der Waals surface area (Å²) in [6.45, 7) is 0. The lowest BCUT2D eigenvalue weighted by molar-refractivity contribution is 0.673. The lowest BCUT2D eigenvalue weighted by atomic mass is 9.99. The van der Waals surface area contributed by atoms with E-state index in [4.69, 9.17) is 19.4 Å². The summed E-state index contributed by atoms with van der Waals surface area (Å²) >= 11 is 0. The van der Waals surface area contributed by atoms with Crippen LogP contribution in [0, 0.1) is 0 Å². The van der Waals surface area contributed by atoms with Gasteiger partial charge in [0, 0.05) is 32.7 Å². The second-order valence-electron chi connectivity index (χ2n) is 11.6. The van der Waals surface area contributed by atoms with Crippen LogP contribution < -0.4 is 0 Å². The Labute approximate surface area is 258 Å². The van der Waals surface area contributed by atoms with Crippen LogP contribution >= 0.6 is 0 Å². The molecule has 1 aliphatic carbocycles. The average Bonchev–Trinajstić information content (AvgIpc) is 3.65. The van der Waals surface area contributed by atoms with E-state index >= 15 is 0 Å². The molecule has 2 heterocycles. The van der Waals surface area contributed by atoms with Crippen LogP contribution in [0.15, 0.2) is 144 Å². The molecule has 0 bridgehead atoms. The van der Waals surface area contributed by atoms with Gasteiger partial charge in [-0.25, -0.2) is 15.0 Å². The molecule has 0 saturated carbocycles.